The lowest BCUT2D eigenvalue weighted by Crippen LogP contribution is -2.38. The van der Waals surface area contributed by atoms with Crippen LogP contribution in [0.1, 0.15) is 36.4 Å². The first-order valence-corrected chi connectivity index (χ1v) is 7.03. The van der Waals surface area contributed by atoms with Gasteiger partial charge in [-0.3, -0.25) is 4.79 Å². The molecule has 17 heavy (non-hydrogen) atoms. The van der Waals surface area contributed by atoms with Crippen LogP contribution in [0.15, 0.2) is 5.38 Å². The van der Waals surface area contributed by atoms with Crippen molar-refractivity contribution in [2.45, 2.75) is 45.2 Å². The number of aryl methyl sites for hydroxylation is 1. The molecule has 1 heterocycles. The predicted octanol–water partition coefficient (Wildman–Crippen LogP) is 1.60. The number of rotatable bonds is 5. The van der Waals surface area contributed by atoms with Crippen LogP contribution in [0.2, 0.25) is 0 Å². The number of thiazole rings is 1. The Morgan fingerprint density at radius 2 is 2.29 bits per heavy atom. The molecule has 5 heteroatoms. The fourth-order valence-corrected chi connectivity index (χ4v) is 2.75. The van der Waals surface area contributed by atoms with Gasteiger partial charge < -0.3 is 10.6 Å². The van der Waals surface area contributed by atoms with Crippen LogP contribution < -0.4 is 10.6 Å². The van der Waals surface area contributed by atoms with E-state index < -0.39 is 0 Å². The van der Waals surface area contributed by atoms with Gasteiger partial charge in [0.15, 0.2) is 0 Å². The summed E-state index contributed by atoms with van der Waals surface area (Å²) in [6.07, 6.45) is 4.76. The van der Waals surface area contributed by atoms with Gasteiger partial charge in [0, 0.05) is 18.0 Å². The lowest BCUT2D eigenvalue weighted by molar-refractivity contribution is -0.120. The minimum absolute atomic E-state index is 0.101. The third-order valence-electron chi connectivity index (χ3n) is 2.98. The third kappa shape index (κ3) is 4.09. The van der Waals surface area contributed by atoms with E-state index in [0.29, 0.717) is 19.1 Å². The number of amides is 1. The molecule has 0 bridgehead atoms. The molecule has 2 rings (SSSR count). The van der Waals surface area contributed by atoms with E-state index >= 15 is 0 Å². The first-order valence-electron chi connectivity index (χ1n) is 6.15. The maximum absolute atomic E-state index is 11.6. The van der Waals surface area contributed by atoms with Gasteiger partial charge in [-0.2, -0.15) is 0 Å². The van der Waals surface area contributed by atoms with Gasteiger partial charge in [0.25, 0.3) is 0 Å². The highest BCUT2D eigenvalue weighted by Crippen LogP contribution is 2.17. The molecule has 1 fully saturated rings. The van der Waals surface area contributed by atoms with Crippen molar-refractivity contribution in [1.82, 2.24) is 15.6 Å². The molecule has 0 spiro atoms. The van der Waals surface area contributed by atoms with Crippen molar-refractivity contribution < 1.29 is 4.79 Å². The topological polar surface area (TPSA) is 54.0 Å². The normalized spacial score (nSPS) is 16.3. The van der Waals surface area contributed by atoms with Gasteiger partial charge in [0.2, 0.25) is 5.91 Å². The molecule has 94 valence electrons. The van der Waals surface area contributed by atoms with Gasteiger partial charge in [-0.15, -0.1) is 11.3 Å². The molecule has 0 atom stereocenters. The molecular formula is C12H19N3OS. The number of nitrogens with zero attached hydrogens (tertiary/aromatic N) is 1. The standard InChI is InChI=1S/C12H19N3OS/c1-9-14-11(8-17-9)6-13-7-12(16)15-10-4-2-3-5-10/h8,10,13H,2-7H2,1H3,(H,15,16). The molecule has 1 aromatic heterocycles. The summed E-state index contributed by atoms with van der Waals surface area (Å²) in [5, 5.41) is 9.26. The number of aromatic nitrogens is 1. The Labute approximate surface area is 106 Å². The summed E-state index contributed by atoms with van der Waals surface area (Å²) in [6, 6.07) is 0.408. The average molecular weight is 253 g/mol. The largest absolute Gasteiger partial charge is 0.352 e. The van der Waals surface area contributed by atoms with Gasteiger partial charge in [-0.05, 0) is 19.8 Å². The lowest BCUT2D eigenvalue weighted by Gasteiger charge is -2.11. The van der Waals surface area contributed by atoms with E-state index in [4.69, 9.17) is 0 Å². The van der Waals surface area contributed by atoms with Crippen molar-refractivity contribution in [3.8, 4) is 0 Å². The Kier molecular flexibility index (Phi) is 4.50. The van der Waals surface area contributed by atoms with Gasteiger partial charge in [-0.1, -0.05) is 12.8 Å². The van der Waals surface area contributed by atoms with Crippen LogP contribution in [0.25, 0.3) is 0 Å². The minimum Gasteiger partial charge on any atom is -0.352 e. The van der Waals surface area contributed by atoms with Gasteiger partial charge in [-0.25, -0.2) is 4.98 Å². The summed E-state index contributed by atoms with van der Waals surface area (Å²) in [5.41, 5.74) is 1.01. The molecule has 0 saturated heterocycles. The van der Waals surface area contributed by atoms with Crippen molar-refractivity contribution in [2.24, 2.45) is 0 Å². The van der Waals surface area contributed by atoms with E-state index in [-0.39, 0.29) is 5.91 Å². The Hall–Kier alpha value is -0.940. The zero-order chi connectivity index (χ0) is 12.1. The fraction of sp³-hybridized carbons (Fsp3) is 0.667. The number of carbonyl (C=O) groups excluding carboxylic acids is 1. The third-order valence-corrected chi connectivity index (χ3v) is 3.80. The average Bonchev–Trinajstić information content (AvgIpc) is 2.90. The molecule has 0 unspecified atom stereocenters. The first-order chi connectivity index (χ1) is 8.24. The quantitative estimate of drug-likeness (QED) is 0.838. The summed E-state index contributed by atoms with van der Waals surface area (Å²) >= 11 is 1.64. The maximum Gasteiger partial charge on any atom is 0.234 e. The Balaban J connectivity index is 1.62. The van der Waals surface area contributed by atoms with Crippen LogP contribution in [0, 0.1) is 6.92 Å². The summed E-state index contributed by atoms with van der Waals surface area (Å²) in [6.45, 7) is 3.04. The summed E-state index contributed by atoms with van der Waals surface area (Å²) in [4.78, 5) is 15.9. The predicted molar refractivity (Wildman–Crippen MR) is 69.0 cm³/mol. The highest BCUT2D eigenvalue weighted by Gasteiger charge is 2.16. The first kappa shape index (κ1) is 12.5. The number of hydrogen-bond donors (Lipinski definition) is 2. The molecule has 1 saturated carbocycles. The molecule has 0 radical (unpaired) electrons. The highest BCUT2D eigenvalue weighted by atomic mass is 32.1. The molecule has 2 N–H and O–H groups in total. The van der Waals surface area contributed by atoms with Crippen molar-refractivity contribution >= 4 is 17.2 Å². The Bertz CT molecular complexity index is 372. The van der Waals surface area contributed by atoms with Gasteiger partial charge in [0.1, 0.15) is 0 Å². The highest BCUT2D eigenvalue weighted by molar-refractivity contribution is 7.09. The van der Waals surface area contributed by atoms with Gasteiger partial charge >= 0.3 is 0 Å². The monoisotopic (exact) mass is 253 g/mol. The van der Waals surface area contributed by atoms with Crippen LogP contribution in [0.3, 0.4) is 0 Å². The van der Waals surface area contributed by atoms with Crippen molar-refractivity contribution in [1.29, 1.82) is 0 Å². The zero-order valence-electron chi connectivity index (χ0n) is 10.2. The Morgan fingerprint density at radius 3 is 2.94 bits per heavy atom. The van der Waals surface area contributed by atoms with Gasteiger partial charge in [0.05, 0.1) is 17.2 Å². The van der Waals surface area contributed by atoms with Crippen LogP contribution >= 0.6 is 11.3 Å². The van der Waals surface area contributed by atoms with Crippen LogP contribution in [0.5, 0.6) is 0 Å². The number of hydrogen-bond acceptors (Lipinski definition) is 4. The van der Waals surface area contributed by atoms with E-state index in [2.05, 4.69) is 15.6 Å². The maximum atomic E-state index is 11.6. The molecule has 1 aliphatic rings. The molecule has 1 amide bonds. The SMILES string of the molecule is Cc1nc(CNCC(=O)NC2CCCC2)cs1. The van der Waals surface area contributed by atoms with Crippen LogP contribution in [-0.4, -0.2) is 23.5 Å². The lowest BCUT2D eigenvalue weighted by atomic mass is 10.2. The molecular weight excluding hydrogens is 234 g/mol. The summed E-state index contributed by atoms with van der Waals surface area (Å²) in [5.74, 6) is 0.101. The summed E-state index contributed by atoms with van der Waals surface area (Å²) < 4.78 is 0. The fourth-order valence-electron chi connectivity index (χ4n) is 2.14. The van der Waals surface area contributed by atoms with E-state index in [1.54, 1.807) is 11.3 Å². The molecule has 1 aromatic rings. The second-order valence-corrected chi connectivity index (χ2v) is 5.57. The minimum atomic E-state index is 0.101. The van der Waals surface area contributed by atoms with E-state index in [9.17, 15) is 4.79 Å². The van der Waals surface area contributed by atoms with Crippen molar-refractivity contribution in [3.63, 3.8) is 0 Å². The van der Waals surface area contributed by atoms with Crippen LogP contribution in [0.4, 0.5) is 0 Å². The van der Waals surface area contributed by atoms with E-state index in [0.717, 1.165) is 23.5 Å². The number of carbonyl (C=O) groups is 1. The van der Waals surface area contributed by atoms with Crippen molar-refractivity contribution in [2.75, 3.05) is 6.54 Å². The van der Waals surface area contributed by atoms with Crippen molar-refractivity contribution in [3.05, 3.63) is 16.1 Å². The molecule has 4 nitrogen and oxygen atoms in total. The van der Waals surface area contributed by atoms with E-state index in [1.807, 2.05) is 12.3 Å². The van der Waals surface area contributed by atoms with E-state index in [1.165, 1.54) is 12.8 Å². The summed E-state index contributed by atoms with van der Waals surface area (Å²) in [7, 11) is 0. The smallest absolute Gasteiger partial charge is 0.234 e. The molecule has 0 aliphatic heterocycles. The second kappa shape index (κ2) is 6.12. The zero-order valence-corrected chi connectivity index (χ0v) is 11.0. The second-order valence-electron chi connectivity index (χ2n) is 4.51. The number of nitrogens with one attached hydrogen (secondary N) is 2. The molecule has 1 aliphatic carbocycles. The van der Waals surface area contributed by atoms with Crippen LogP contribution in [-0.2, 0) is 11.3 Å². The molecule has 0 aromatic carbocycles. The Morgan fingerprint density at radius 1 is 1.53 bits per heavy atom.